The smallest absolute Gasteiger partial charge is 0.271 e. The van der Waals surface area contributed by atoms with Gasteiger partial charge in [-0.3, -0.25) is 29.4 Å². The summed E-state index contributed by atoms with van der Waals surface area (Å²) in [5.74, 6) is -1.60. The van der Waals surface area contributed by atoms with E-state index in [4.69, 9.17) is 4.74 Å². The second-order valence-corrected chi connectivity index (χ2v) is 6.95. The van der Waals surface area contributed by atoms with Crippen LogP contribution in [0.2, 0.25) is 0 Å². The summed E-state index contributed by atoms with van der Waals surface area (Å²) in [6.07, 6.45) is 4.78. The molecular formula is C18H17N3O6. The second kappa shape index (κ2) is 6.19. The Morgan fingerprint density at radius 2 is 1.89 bits per heavy atom. The van der Waals surface area contributed by atoms with Crippen LogP contribution in [0.25, 0.3) is 0 Å². The molecule has 3 aliphatic rings. The highest BCUT2D eigenvalue weighted by molar-refractivity contribution is 6.09. The average Bonchev–Trinajstić information content (AvgIpc) is 3.31. The summed E-state index contributed by atoms with van der Waals surface area (Å²) in [7, 11) is 1.37. The molecule has 1 aromatic carbocycles. The van der Waals surface area contributed by atoms with Gasteiger partial charge in [0.15, 0.2) is 0 Å². The summed E-state index contributed by atoms with van der Waals surface area (Å²) in [4.78, 5) is 49.0. The van der Waals surface area contributed by atoms with E-state index in [0.717, 1.165) is 11.3 Å². The molecule has 1 heterocycles. The van der Waals surface area contributed by atoms with Crippen molar-refractivity contribution in [2.45, 2.75) is 6.42 Å². The fraction of sp³-hybridized carbons (Fsp3) is 0.389. The number of fused-ring (bicyclic) bond motifs is 5. The quantitative estimate of drug-likeness (QED) is 0.361. The Kier molecular flexibility index (Phi) is 3.94. The van der Waals surface area contributed by atoms with Crippen LogP contribution in [0, 0.1) is 33.8 Å². The number of anilines is 1. The maximum Gasteiger partial charge on any atom is 0.271 e. The third kappa shape index (κ3) is 2.66. The standard InChI is InChI=1S/C18H17N3O6/c1-27-13-5-4-11(21(25)26)7-12(13)19-14(22)8-20-17(23)15-9-2-3-10(6-9)16(15)18(20)24/h2-5,7,9-10,15-16H,6,8H2,1H3,(H,19,22)/t9-,10-,15+,16+/m0/s1. The number of nitrogens with zero attached hydrogens (tertiary/aromatic N) is 2. The van der Waals surface area contributed by atoms with Crippen molar-refractivity contribution in [3.05, 3.63) is 40.5 Å². The van der Waals surface area contributed by atoms with E-state index < -0.39 is 17.4 Å². The number of hydrogen-bond acceptors (Lipinski definition) is 6. The molecule has 9 nitrogen and oxygen atoms in total. The van der Waals surface area contributed by atoms with Crippen LogP contribution in [0.1, 0.15) is 6.42 Å². The van der Waals surface area contributed by atoms with E-state index >= 15 is 0 Å². The molecule has 140 valence electrons. The van der Waals surface area contributed by atoms with E-state index in [1.54, 1.807) is 0 Å². The molecule has 1 aromatic rings. The third-order valence-corrected chi connectivity index (χ3v) is 5.53. The number of methoxy groups -OCH3 is 1. The number of allylic oxidation sites excluding steroid dienone is 2. The molecule has 1 aliphatic heterocycles. The zero-order valence-corrected chi connectivity index (χ0v) is 14.5. The van der Waals surface area contributed by atoms with Gasteiger partial charge in [0.05, 0.1) is 29.6 Å². The fourth-order valence-electron chi connectivity index (χ4n) is 4.36. The Bertz CT molecular complexity index is 865. The van der Waals surface area contributed by atoms with Crippen molar-refractivity contribution in [3.8, 4) is 5.75 Å². The summed E-state index contributed by atoms with van der Waals surface area (Å²) in [5.41, 5.74) is -0.102. The maximum absolute atomic E-state index is 12.6. The molecule has 3 amide bonds. The SMILES string of the molecule is COc1ccc([N+](=O)[O-])cc1NC(=O)CN1C(=O)[C@H]2[C@H](C1=O)[C@H]1C=C[C@H]2C1. The molecule has 0 unspecified atom stereocenters. The first-order chi connectivity index (χ1) is 12.9. The number of rotatable bonds is 5. The molecule has 1 N–H and O–H groups in total. The number of imide groups is 1. The third-order valence-electron chi connectivity index (χ3n) is 5.53. The van der Waals surface area contributed by atoms with Crippen molar-refractivity contribution in [2.75, 3.05) is 19.0 Å². The molecule has 4 rings (SSSR count). The number of nitro groups is 1. The van der Waals surface area contributed by atoms with Gasteiger partial charge in [-0.15, -0.1) is 0 Å². The number of carbonyl (C=O) groups excluding carboxylic acids is 3. The highest BCUT2D eigenvalue weighted by Crippen LogP contribution is 2.52. The largest absolute Gasteiger partial charge is 0.495 e. The van der Waals surface area contributed by atoms with Gasteiger partial charge in [-0.25, -0.2) is 0 Å². The number of nitrogens with one attached hydrogen (secondary N) is 1. The monoisotopic (exact) mass is 371 g/mol. The molecule has 27 heavy (non-hydrogen) atoms. The molecule has 1 saturated heterocycles. The Morgan fingerprint density at radius 3 is 2.44 bits per heavy atom. The van der Waals surface area contributed by atoms with Crippen LogP contribution < -0.4 is 10.1 Å². The Balaban J connectivity index is 1.49. The predicted octanol–water partition coefficient (Wildman–Crippen LogP) is 1.35. The van der Waals surface area contributed by atoms with Gasteiger partial charge in [-0.05, 0) is 24.3 Å². The molecule has 4 atom stereocenters. The van der Waals surface area contributed by atoms with Gasteiger partial charge in [0.2, 0.25) is 17.7 Å². The summed E-state index contributed by atoms with van der Waals surface area (Å²) >= 11 is 0. The van der Waals surface area contributed by atoms with E-state index in [2.05, 4.69) is 5.32 Å². The minimum atomic E-state index is -0.615. The summed E-state index contributed by atoms with van der Waals surface area (Å²) in [6.45, 7) is -0.421. The van der Waals surface area contributed by atoms with E-state index in [1.165, 1.54) is 25.3 Å². The topological polar surface area (TPSA) is 119 Å². The molecule has 1 saturated carbocycles. The van der Waals surface area contributed by atoms with Gasteiger partial charge in [0, 0.05) is 12.1 Å². The molecule has 0 aromatic heterocycles. The number of hydrogen-bond donors (Lipinski definition) is 1. The number of benzene rings is 1. The van der Waals surface area contributed by atoms with Crippen LogP contribution >= 0.6 is 0 Å². The van der Waals surface area contributed by atoms with Gasteiger partial charge in [-0.2, -0.15) is 0 Å². The van der Waals surface area contributed by atoms with E-state index in [9.17, 15) is 24.5 Å². The van der Waals surface area contributed by atoms with E-state index in [0.29, 0.717) is 0 Å². The van der Waals surface area contributed by atoms with Gasteiger partial charge in [-0.1, -0.05) is 12.2 Å². The highest BCUT2D eigenvalue weighted by Gasteiger charge is 2.59. The average molecular weight is 371 g/mol. The van der Waals surface area contributed by atoms with Crippen LogP contribution in [0.4, 0.5) is 11.4 Å². The molecule has 0 radical (unpaired) electrons. The van der Waals surface area contributed by atoms with Gasteiger partial charge in [0.25, 0.3) is 5.69 Å². The van der Waals surface area contributed by atoms with E-state index in [-0.39, 0.29) is 52.6 Å². The van der Waals surface area contributed by atoms with Gasteiger partial charge < -0.3 is 10.1 Å². The van der Waals surface area contributed by atoms with Crippen molar-refractivity contribution in [1.82, 2.24) is 4.90 Å². The van der Waals surface area contributed by atoms with Crippen molar-refractivity contribution in [2.24, 2.45) is 23.7 Å². The van der Waals surface area contributed by atoms with Crippen molar-refractivity contribution < 1.29 is 24.0 Å². The second-order valence-electron chi connectivity index (χ2n) is 6.95. The van der Waals surface area contributed by atoms with Gasteiger partial charge in [0.1, 0.15) is 12.3 Å². The van der Waals surface area contributed by atoms with Crippen LogP contribution in [0.5, 0.6) is 5.75 Å². The number of amides is 3. The Labute approximate surface area is 154 Å². The first-order valence-corrected chi connectivity index (χ1v) is 8.56. The number of non-ortho nitro benzene ring substituents is 1. The molecule has 9 heteroatoms. The number of likely N-dealkylation sites (tertiary alicyclic amines) is 1. The van der Waals surface area contributed by atoms with Crippen molar-refractivity contribution in [3.63, 3.8) is 0 Å². The van der Waals surface area contributed by atoms with Crippen LogP contribution in [-0.2, 0) is 14.4 Å². The first-order valence-electron chi connectivity index (χ1n) is 8.56. The highest BCUT2D eigenvalue weighted by atomic mass is 16.6. The maximum atomic E-state index is 12.6. The zero-order chi connectivity index (χ0) is 19.3. The predicted molar refractivity (Wildman–Crippen MR) is 92.7 cm³/mol. The Morgan fingerprint density at radius 1 is 1.26 bits per heavy atom. The molecule has 2 bridgehead atoms. The minimum Gasteiger partial charge on any atom is -0.495 e. The normalized spacial score (nSPS) is 27.8. The molecular weight excluding hydrogens is 354 g/mol. The lowest BCUT2D eigenvalue weighted by Crippen LogP contribution is -2.39. The molecule has 2 aliphatic carbocycles. The lowest BCUT2D eigenvalue weighted by atomic mass is 9.85. The minimum absolute atomic E-state index is 0.0707. The first kappa shape index (κ1) is 17.2. The lowest BCUT2D eigenvalue weighted by Gasteiger charge is -2.17. The van der Waals surface area contributed by atoms with Crippen LogP contribution in [-0.4, -0.2) is 41.2 Å². The number of ether oxygens (including phenoxy) is 1. The van der Waals surface area contributed by atoms with Gasteiger partial charge >= 0.3 is 0 Å². The molecule has 2 fully saturated rings. The Hall–Kier alpha value is -3.23. The van der Waals surface area contributed by atoms with Crippen LogP contribution in [0.15, 0.2) is 30.4 Å². The summed E-state index contributed by atoms with van der Waals surface area (Å²) < 4.78 is 5.10. The zero-order valence-electron chi connectivity index (χ0n) is 14.5. The number of nitro benzene ring substituents is 1. The number of carbonyl (C=O) groups is 3. The molecule has 0 spiro atoms. The van der Waals surface area contributed by atoms with E-state index in [1.807, 2.05) is 12.2 Å². The lowest BCUT2D eigenvalue weighted by molar-refractivity contribution is -0.384. The van der Waals surface area contributed by atoms with Crippen LogP contribution in [0.3, 0.4) is 0 Å². The summed E-state index contributed by atoms with van der Waals surface area (Å²) in [5, 5.41) is 13.4. The van der Waals surface area contributed by atoms with Crippen molar-refractivity contribution >= 4 is 29.1 Å². The fourth-order valence-corrected chi connectivity index (χ4v) is 4.36. The van der Waals surface area contributed by atoms with Crippen molar-refractivity contribution in [1.29, 1.82) is 0 Å². The summed E-state index contributed by atoms with van der Waals surface area (Å²) in [6, 6.07) is 3.79.